The van der Waals surface area contributed by atoms with E-state index in [1.54, 1.807) is 0 Å². The van der Waals surface area contributed by atoms with Crippen molar-refractivity contribution in [1.82, 2.24) is 0 Å². The van der Waals surface area contributed by atoms with Gasteiger partial charge in [-0.15, -0.1) is 0 Å². The van der Waals surface area contributed by atoms with Crippen LogP contribution < -0.4 is 25.6 Å². The molecule has 0 aromatic heterocycles. The molecule has 2 heterocycles. The van der Waals surface area contributed by atoms with Gasteiger partial charge >= 0.3 is 0 Å². The highest BCUT2D eigenvalue weighted by atomic mass is 28.3. The van der Waals surface area contributed by atoms with Gasteiger partial charge in [0.2, 0.25) is 0 Å². The molecule has 0 aliphatic carbocycles. The van der Waals surface area contributed by atoms with Gasteiger partial charge in [0.15, 0.2) is 0 Å². The van der Waals surface area contributed by atoms with Crippen molar-refractivity contribution in [2.45, 2.75) is 26.2 Å². The van der Waals surface area contributed by atoms with Gasteiger partial charge in [0, 0.05) is 16.9 Å². The Hall–Kier alpha value is -5.75. The molecule has 0 unspecified atom stereocenters. The summed E-state index contributed by atoms with van der Waals surface area (Å²) < 4.78 is 0. The second kappa shape index (κ2) is 11.9. The van der Waals surface area contributed by atoms with Crippen LogP contribution >= 0.6 is 0 Å². The minimum Gasteiger partial charge on any atom is -0.310 e. The quantitative estimate of drug-likeness (QED) is 0.161. The van der Waals surface area contributed by atoms with E-state index in [0.29, 0.717) is 0 Å². The standard InChI is InChI=1S/C50H41NSi2/c1-52(2)46-19-11-10-17-44(46)50-45(18-12-20-47(50)52)51(40-26-23-36(24-27-40)38-22-21-35-15-8-9-16-37(35)31-38)41-28-30-43-42-29-25-39(34-13-6-5-7-14-34)32-48(42)53(3,4)49(43)33-41/h5-33H,1-4H3. The predicted octanol–water partition coefficient (Wildman–Crippen LogP) is 11.2. The minimum absolute atomic E-state index is 1.17. The van der Waals surface area contributed by atoms with E-state index in [4.69, 9.17) is 0 Å². The van der Waals surface area contributed by atoms with Crippen LogP contribution in [0.25, 0.3) is 55.3 Å². The van der Waals surface area contributed by atoms with Gasteiger partial charge in [-0.1, -0.05) is 166 Å². The van der Waals surface area contributed by atoms with E-state index in [2.05, 4.69) is 207 Å². The van der Waals surface area contributed by atoms with Crippen molar-refractivity contribution in [3.05, 3.63) is 176 Å². The number of hydrogen-bond donors (Lipinski definition) is 0. The molecule has 2 aliphatic rings. The molecule has 3 heteroatoms. The van der Waals surface area contributed by atoms with Crippen molar-refractivity contribution in [3.8, 4) is 44.5 Å². The Morgan fingerprint density at radius 2 is 0.906 bits per heavy atom. The molecule has 2 aliphatic heterocycles. The van der Waals surface area contributed by atoms with Crippen LogP contribution in [0.1, 0.15) is 0 Å². The summed E-state index contributed by atoms with van der Waals surface area (Å²) in [5.74, 6) is 0. The molecule has 0 spiro atoms. The highest BCUT2D eigenvalue weighted by molar-refractivity contribution is 7.04. The maximum Gasteiger partial charge on any atom is 0.113 e. The summed E-state index contributed by atoms with van der Waals surface area (Å²) in [5, 5.41) is 8.62. The Bertz CT molecular complexity index is 2730. The smallest absolute Gasteiger partial charge is 0.113 e. The van der Waals surface area contributed by atoms with Crippen molar-refractivity contribution in [2.24, 2.45) is 0 Å². The van der Waals surface area contributed by atoms with Crippen LogP contribution in [-0.4, -0.2) is 16.1 Å². The van der Waals surface area contributed by atoms with E-state index >= 15 is 0 Å². The third-order valence-corrected chi connectivity index (χ3v) is 19.1. The van der Waals surface area contributed by atoms with E-state index < -0.39 is 16.1 Å². The molecule has 0 saturated carbocycles. The monoisotopic (exact) mass is 711 g/mol. The zero-order chi connectivity index (χ0) is 35.9. The van der Waals surface area contributed by atoms with Gasteiger partial charge in [0.1, 0.15) is 16.1 Å². The van der Waals surface area contributed by atoms with Crippen LogP contribution in [0.3, 0.4) is 0 Å². The van der Waals surface area contributed by atoms with Gasteiger partial charge in [-0.05, 0) is 107 Å². The maximum atomic E-state index is 2.54. The number of nitrogens with zero attached hydrogens (tertiary/aromatic N) is 1. The van der Waals surface area contributed by atoms with Gasteiger partial charge in [-0.25, -0.2) is 0 Å². The molecular formula is C50H41NSi2. The van der Waals surface area contributed by atoms with Crippen LogP contribution in [0.4, 0.5) is 17.1 Å². The van der Waals surface area contributed by atoms with Crippen LogP contribution in [0.5, 0.6) is 0 Å². The Balaban J connectivity index is 1.14. The van der Waals surface area contributed by atoms with Gasteiger partial charge in [-0.2, -0.15) is 0 Å². The first kappa shape index (κ1) is 31.9. The lowest BCUT2D eigenvalue weighted by molar-refractivity contribution is 1.29. The molecule has 0 bridgehead atoms. The van der Waals surface area contributed by atoms with E-state index in [9.17, 15) is 0 Å². The number of anilines is 3. The van der Waals surface area contributed by atoms with E-state index in [1.807, 2.05) is 0 Å². The zero-order valence-corrected chi connectivity index (χ0v) is 32.7. The summed E-state index contributed by atoms with van der Waals surface area (Å²) in [6, 6.07) is 66.1. The molecule has 254 valence electrons. The van der Waals surface area contributed by atoms with Crippen molar-refractivity contribution >= 4 is 64.7 Å². The van der Waals surface area contributed by atoms with Crippen LogP contribution in [0.2, 0.25) is 26.2 Å². The number of fused-ring (bicyclic) bond motifs is 7. The summed E-state index contributed by atoms with van der Waals surface area (Å²) in [6.07, 6.45) is 0. The van der Waals surface area contributed by atoms with Crippen molar-refractivity contribution in [1.29, 1.82) is 0 Å². The fourth-order valence-electron chi connectivity index (χ4n) is 9.20. The predicted molar refractivity (Wildman–Crippen MR) is 234 cm³/mol. The fraction of sp³-hybridized carbons (Fsp3) is 0.0800. The molecular weight excluding hydrogens is 671 g/mol. The summed E-state index contributed by atoms with van der Waals surface area (Å²) in [6.45, 7) is 10.1. The Morgan fingerprint density at radius 1 is 0.340 bits per heavy atom. The molecule has 0 N–H and O–H groups in total. The number of rotatable bonds is 5. The van der Waals surface area contributed by atoms with Crippen LogP contribution in [0.15, 0.2) is 176 Å². The van der Waals surface area contributed by atoms with E-state index in [-0.39, 0.29) is 0 Å². The second-order valence-electron chi connectivity index (χ2n) is 15.8. The average Bonchev–Trinajstić information content (AvgIpc) is 3.58. The summed E-state index contributed by atoms with van der Waals surface area (Å²) in [4.78, 5) is 2.54. The molecule has 0 amide bonds. The van der Waals surface area contributed by atoms with Gasteiger partial charge in [0.05, 0.1) is 5.69 Å². The SMILES string of the molecule is C[Si]1(C)c2cc(-c3ccccc3)ccc2-c2ccc(N(c3ccc(-c4ccc5ccccc5c4)cc3)c3cccc4c3-c3ccccc3[Si]4(C)C)cc21. The summed E-state index contributed by atoms with van der Waals surface area (Å²) in [7, 11) is -3.89. The highest BCUT2D eigenvalue weighted by Crippen LogP contribution is 2.44. The number of hydrogen-bond acceptors (Lipinski definition) is 1. The van der Waals surface area contributed by atoms with Crippen LogP contribution in [-0.2, 0) is 0 Å². The first-order valence-corrected chi connectivity index (χ1v) is 24.8. The lowest BCUT2D eigenvalue weighted by atomic mass is 9.99. The minimum atomic E-state index is -2.02. The fourth-order valence-corrected chi connectivity index (χ4v) is 15.4. The van der Waals surface area contributed by atoms with Crippen molar-refractivity contribution in [3.63, 3.8) is 0 Å². The maximum absolute atomic E-state index is 2.54. The summed E-state index contributed by atoms with van der Waals surface area (Å²) in [5.41, 5.74) is 14.3. The first-order chi connectivity index (χ1) is 25.8. The molecule has 0 radical (unpaired) electrons. The average molecular weight is 712 g/mol. The Morgan fingerprint density at radius 3 is 1.72 bits per heavy atom. The van der Waals surface area contributed by atoms with Crippen LogP contribution in [0, 0.1) is 0 Å². The second-order valence-corrected chi connectivity index (χ2v) is 24.5. The molecule has 8 aromatic carbocycles. The normalized spacial score (nSPS) is 14.3. The molecule has 0 saturated heterocycles. The zero-order valence-electron chi connectivity index (χ0n) is 30.7. The van der Waals surface area contributed by atoms with Gasteiger partial charge < -0.3 is 4.90 Å². The van der Waals surface area contributed by atoms with Gasteiger partial charge in [0.25, 0.3) is 0 Å². The highest BCUT2D eigenvalue weighted by Gasteiger charge is 2.41. The number of benzene rings is 8. The molecule has 8 aromatic rings. The Labute approximate surface area is 314 Å². The van der Waals surface area contributed by atoms with E-state index in [0.717, 1.165) is 0 Å². The van der Waals surface area contributed by atoms with E-state index in [1.165, 1.54) is 93.1 Å². The first-order valence-electron chi connectivity index (χ1n) is 18.8. The third-order valence-electron chi connectivity index (χ3n) is 12.1. The third kappa shape index (κ3) is 4.95. The van der Waals surface area contributed by atoms with Gasteiger partial charge in [-0.3, -0.25) is 0 Å². The molecule has 1 nitrogen and oxygen atoms in total. The van der Waals surface area contributed by atoms with Crippen molar-refractivity contribution in [2.75, 3.05) is 4.90 Å². The molecule has 0 atom stereocenters. The summed E-state index contributed by atoms with van der Waals surface area (Å²) >= 11 is 0. The molecule has 0 fully saturated rings. The largest absolute Gasteiger partial charge is 0.310 e. The Kier molecular flexibility index (Phi) is 7.17. The molecule has 10 rings (SSSR count). The lowest BCUT2D eigenvalue weighted by Gasteiger charge is -2.30. The topological polar surface area (TPSA) is 3.24 Å². The molecule has 53 heavy (non-hydrogen) atoms. The van der Waals surface area contributed by atoms with Crippen molar-refractivity contribution < 1.29 is 0 Å². The lowest BCUT2D eigenvalue weighted by Crippen LogP contribution is -2.49.